The fraction of sp³-hybridized carbons (Fsp3) is 0.409. The van der Waals surface area contributed by atoms with Crippen LogP contribution in [-0.2, 0) is 11.3 Å². The predicted octanol–water partition coefficient (Wildman–Crippen LogP) is 2.83. The molecule has 3 rings (SSSR count). The summed E-state index contributed by atoms with van der Waals surface area (Å²) < 4.78 is 0. The maximum atomic E-state index is 13.1. The van der Waals surface area contributed by atoms with E-state index in [1.807, 2.05) is 30.9 Å². The number of pyridine rings is 1. The van der Waals surface area contributed by atoms with Gasteiger partial charge in [-0.2, -0.15) is 0 Å². The van der Waals surface area contributed by atoms with Crippen LogP contribution in [0.5, 0.6) is 0 Å². The molecule has 6 nitrogen and oxygen atoms in total. The van der Waals surface area contributed by atoms with E-state index in [2.05, 4.69) is 15.2 Å². The van der Waals surface area contributed by atoms with Crippen molar-refractivity contribution in [2.75, 3.05) is 26.2 Å². The fourth-order valence-electron chi connectivity index (χ4n) is 3.41. The minimum atomic E-state index is -0.551. The Balaban J connectivity index is 1.57. The number of nitrogens with zero attached hydrogens (tertiary/aromatic N) is 3. The van der Waals surface area contributed by atoms with Crippen LogP contribution in [0, 0.1) is 5.92 Å². The van der Waals surface area contributed by atoms with E-state index in [0.29, 0.717) is 23.7 Å². The number of amides is 2. The lowest BCUT2D eigenvalue weighted by Gasteiger charge is -2.37. The molecule has 1 aromatic carbocycles. The van der Waals surface area contributed by atoms with Crippen molar-refractivity contribution in [2.45, 2.75) is 26.4 Å². The van der Waals surface area contributed by atoms with Gasteiger partial charge in [-0.15, -0.1) is 0 Å². The predicted molar refractivity (Wildman–Crippen MR) is 114 cm³/mol. The topological polar surface area (TPSA) is 65.5 Å². The van der Waals surface area contributed by atoms with Crippen LogP contribution in [0.4, 0.5) is 0 Å². The molecule has 0 spiro atoms. The third-order valence-electron chi connectivity index (χ3n) is 5.17. The molecule has 1 N–H and O–H groups in total. The third kappa shape index (κ3) is 5.78. The van der Waals surface area contributed by atoms with Crippen molar-refractivity contribution in [3.63, 3.8) is 0 Å². The first-order valence-electron chi connectivity index (χ1n) is 9.90. The number of hydrogen-bond acceptors (Lipinski definition) is 4. The second-order valence-corrected chi connectivity index (χ2v) is 8.10. The average Bonchev–Trinajstić information content (AvgIpc) is 2.73. The Labute approximate surface area is 176 Å². The van der Waals surface area contributed by atoms with E-state index < -0.39 is 6.04 Å². The maximum Gasteiger partial charge on any atom is 0.251 e. The number of rotatable bonds is 6. The molecule has 1 fully saturated rings. The molecule has 2 heterocycles. The lowest BCUT2D eigenvalue weighted by atomic mass is 10.0. The Bertz CT molecular complexity index is 818. The molecule has 0 radical (unpaired) electrons. The maximum absolute atomic E-state index is 13.1. The summed E-state index contributed by atoms with van der Waals surface area (Å²) in [4.78, 5) is 33.9. The SMILES string of the molecule is CC(C)C(NC(=O)c1ccc(Cl)cc1)C(=O)N1CCN(Cc2ccncc2)CC1. The monoisotopic (exact) mass is 414 g/mol. The van der Waals surface area contributed by atoms with Gasteiger partial charge in [0.15, 0.2) is 0 Å². The van der Waals surface area contributed by atoms with E-state index in [4.69, 9.17) is 11.6 Å². The van der Waals surface area contributed by atoms with Gasteiger partial charge in [-0.3, -0.25) is 19.5 Å². The molecular weight excluding hydrogens is 388 g/mol. The molecule has 2 aromatic rings. The number of halogens is 1. The number of benzene rings is 1. The first-order valence-corrected chi connectivity index (χ1v) is 10.3. The molecule has 1 aliphatic rings. The Morgan fingerprint density at radius 1 is 1.03 bits per heavy atom. The molecule has 2 amide bonds. The van der Waals surface area contributed by atoms with Crippen LogP contribution >= 0.6 is 11.6 Å². The summed E-state index contributed by atoms with van der Waals surface area (Å²) in [6.45, 7) is 7.68. The van der Waals surface area contributed by atoms with Gasteiger partial charge in [0, 0.05) is 55.7 Å². The van der Waals surface area contributed by atoms with Gasteiger partial charge < -0.3 is 10.2 Å². The van der Waals surface area contributed by atoms with E-state index in [1.54, 1.807) is 36.7 Å². The zero-order chi connectivity index (χ0) is 20.8. The van der Waals surface area contributed by atoms with Crippen LogP contribution in [0.2, 0.25) is 5.02 Å². The third-order valence-corrected chi connectivity index (χ3v) is 5.42. The van der Waals surface area contributed by atoms with Gasteiger partial charge in [0.1, 0.15) is 6.04 Å². The Morgan fingerprint density at radius 3 is 2.24 bits per heavy atom. The summed E-state index contributed by atoms with van der Waals surface area (Å²) >= 11 is 5.89. The van der Waals surface area contributed by atoms with Crippen molar-refractivity contribution in [3.05, 3.63) is 64.9 Å². The highest BCUT2D eigenvalue weighted by Crippen LogP contribution is 2.14. The summed E-state index contributed by atoms with van der Waals surface area (Å²) in [6.07, 6.45) is 3.59. The van der Waals surface area contributed by atoms with Gasteiger partial charge in [-0.1, -0.05) is 25.4 Å². The Morgan fingerprint density at radius 2 is 1.66 bits per heavy atom. The Kier molecular flexibility index (Phi) is 7.23. The summed E-state index contributed by atoms with van der Waals surface area (Å²) in [5.41, 5.74) is 1.71. The molecule has 1 saturated heterocycles. The fourth-order valence-corrected chi connectivity index (χ4v) is 3.53. The van der Waals surface area contributed by atoms with Crippen LogP contribution in [0.15, 0.2) is 48.8 Å². The van der Waals surface area contributed by atoms with Crippen LogP contribution in [0.3, 0.4) is 0 Å². The summed E-state index contributed by atoms with van der Waals surface area (Å²) in [7, 11) is 0. The van der Waals surface area contributed by atoms with Crippen LogP contribution in [-0.4, -0.2) is 58.8 Å². The molecule has 1 aromatic heterocycles. The van der Waals surface area contributed by atoms with E-state index in [9.17, 15) is 9.59 Å². The highest BCUT2D eigenvalue weighted by molar-refractivity contribution is 6.30. The second-order valence-electron chi connectivity index (χ2n) is 7.66. The van der Waals surface area contributed by atoms with Crippen LogP contribution < -0.4 is 5.32 Å². The number of nitrogens with one attached hydrogen (secondary N) is 1. The van der Waals surface area contributed by atoms with Gasteiger partial charge in [0.05, 0.1) is 0 Å². The minimum absolute atomic E-state index is 0.00593. The van der Waals surface area contributed by atoms with E-state index >= 15 is 0 Å². The number of hydrogen-bond donors (Lipinski definition) is 1. The first-order chi connectivity index (χ1) is 13.9. The largest absolute Gasteiger partial charge is 0.340 e. The van der Waals surface area contributed by atoms with Gasteiger partial charge in [-0.05, 0) is 47.9 Å². The normalized spacial score (nSPS) is 15.9. The molecule has 29 heavy (non-hydrogen) atoms. The van der Waals surface area contributed by atoms with E-state index in [0.717, 1.165) is 19.6 Å². The number of carbonyl (C=O) groups is 2. The molecule has 0 bridgehead atoms. The van der Waals surface area contributed by atoms with Gasteiger partial charge in [0.2, 0.25) is 5.91 Å². The minimum Gasteiger partial charge on any atom is -0.340 e. The molecule has 154 valence electrons. The van der Waals surface area contributed by atoms with Crippen LogP contribution in [0.1, 0.15) is 29.8 Å². The average molecular weight is 415 g/mol. The molecule has 1 atom stereocenters. The van der Waals surface area contributed by atoms with Crippen molar-refractivity contribution in [2.24, 2.45) is 5.92 Å². The number of piperazine rings is 1. The highest BCUT2D eigenvalue weighted by Gasteiger charge is 2.30. The van der Waals surface area contributed by atoms with Crippen molar-refractivity contribution >= 4 is 23.4 Å². The van der Waals surface area contributed by atoms with Gasteiger partial charge >= 0.3 is 0 Å². The molecule has 0 aliphatic carbocycles. The zero-order valence-corrected chi connectivity index (χ0v) is 17.6. The van der Waals surface area contributed by atoms with Crippen molar-refractivity contribution in [1.29, 1.82) is 0 Å². The Hall–Kier alpha value is -2.44. The molecule has 1 unspecified atom stereocenters. The number of aromatic nitrogens is 1. The van der Waals surface area contributed by atoms with E-state index in [-0.39, 0.29) is 17.7 Å². The summed E-state index contributed by atoms with van der Waals surface area (Å²) in [5.74, 6) is -0.287. The standard InChI is InChI=1S/C22H27ClN4O2/c1-16(2)20(25-21(28)18-3-5-19(23)6-4-18)22(29)27-13-11-26(12-14-27)15-17-7-9-24-10-8-17/h3-10,16,20H,11-15H2,1-2H3,(H,25,28). The van der Waals surface area contributed by atoms with Gasteiger partial charge in [-0.25, -0.2) is 0 Å². The zero-order valence-electron chi connectivity index (χ0n) is 16.8. The smallest absolute Gasteiger partial charge is 0.251 e. The van der Waals surface area contributed by atoms with Crippen molar-refractivity contribution in [1.82, 2.24) is 20.1 Å². The van der Waals surface area contributed by atoms with E-state index in [1.165, 1.54) is 5.56 Å². The van der Waals surface area contributed by atoms with Gasteiger partial charge in [0.25, 0.3) is 5.91 Å². The number of carbonyl (C=O) groups excluding carboxylic acids is 2. The highest BCUT2D eigenvalue weighted by atomic mass is 35.5. The first kappa shape index (κ1) is 21.3. The van der Waals surface area contributed by atoms with Crippen molar-refractivity contribution in [3.8, 4) is 0 Å². The summed E-state index contributed by atoms with van der Waals surface area (Å²) in [5, 5.41) is 3.48. The molecule has 1 aliphatic heterocycles. The molecule has 7 heteroatoms. The summed E-state index contributed by atoms with van der Waals surface area (Å²) in [6, 6.07) is 10.1. The van der Waals surface area contributed by atoms with Crippen molar-refractivity contribution < 1.29 is 9.59 Å². The second kappa shape index (κ2) is 9.85. The van der Waals surface area contributed by atoms with Crippen LogP contribution in [0.25, 0.3) is 0 Å². The quantitative estimate of drug-likeness (QED) is 0.789. The molecule has 0 saturated carbocycles. The lowest BCUT2D eigenvalue weighted by molar-refractivity contribution is -0.136. The lowest BCUT2D eigenvalue weighted by Crippen LogP contribution is -2.56. The molecular formula is C22H27ClN4O2.